The lowest BCUT2D eigenvalue weighted by molar-refractivity contribution is 0.666. The van der Waals surface area contributed by atoms with E-state index >= 15 is 0 Å². The second kappa shape index (κ2) is 8.64. The molecule has 0 aliphatic rings. The largest absolute Gasteiger partial charge is 0.454 e. The van der Waals surface area contributed by atoms with Gasteiger partial charge in [-0.05, 0) is 47.5 Å². The maximum atomic E-state index is 6.50. The zero-order valence-electron chi connectivity index (χ0n) is 21.0. The Hall–Kier alpha value is -5.28. The number of rotatable bonds is 4. The molecule has 8 aromatic rings. The minimum Gasteiger partial charge on any atom is -0.454 e. The summed E-state index contributed by atoms with van der Waals surface area (Å²) in [5.74, 6) is 0. The second-order valence-corrected chi connectivity index (χ2v) is 9.75. The van der Waals surface area contributed by atoms with Gasteiger partial charge in [-0.3, -0.25) is 0 Å². The lowest BCUT2D eigenvalue weighted by atomic mass is 10.0. The molecule has 0 aliphatic carbocycles. The molecule has 3 heteroatoms. The Kier molecular flexibility index (Phi) is 4.82. The van der Waals surface area contributed by atoms with Gasteiger partial charge in [0.1, 0.15) is 11.2 Å². The second-order valence-electron chi connectivity index (χ2n) is 9.75. The number of nitrogens with zero attached hydrogens (tertiary/aromatic N) is 1. The number of para-hydroxylation sites is 4. The van der Waals surface area contributed by atoms with Crippen molar-refractivity contribution in [2.24, 2.45) is 0 Å². The molecule has 39 heavy (non-hydrogen) atoms. The highest BCUT2D eigenvalue weighted by atomic mass is 16.3. The Bertz CT molecular complexity index is 2000. The maximum absolute atomic E-state index is 6.50. The van der Waals surface area contributed by atoms with E-state index < -0.39 is 0 Å². The fraction of sp³-hybridized carbons (Fsp3) is 0. The molecule has 0 fully saturated rings. The molecule has 0 atom stereocenters. The molecule has 0 saturated heterocycles. The van der Waals surface area contributed by atoms with E-state index in [0.29, 0.717) is 0 Å². The van der Waals surface area contributed by atoms with Gasteiger partial charge in [0.15, 0.2) is 11.2 Å². The summed E-state index contributed by atoms with van der Waals surface area (Å²) >= 11 is 0. The van der Waals surface area contributed by atoms with E-state index in [2.05, 4.69) is 114 Å². The van der Waals surface area contributed by atoms with Crippen molar-refractivity contribution in [2.45, 2.75) is 0 Å². The standard InChI is InChI=1S/C36H23NO2/c1-2-10-24(11-3-1)25-20-22-26(23-21-25)37(31-16-8-14-29-27-12-4-6-18-33(27)38-35(29)31)32-17-9-15-30-28-13-5-7-19-34(28)39-36(30)32/h1-23H. The smallest absolute Gasteiger partial charge is 0.159 e. The Labute approximate surface area is 225 Å². The van der Waals surface area contributed by atoms with Crippen LogP contribution in [0, 0.1) is 0 Å². The normalized spacial score (nSPS) is 11.6. The van der Waals surface area contributed by atoms with Gasteiger partial charge in [-0.15, -0.1) is 0 Å². The first kappa shape index (κ1) is 21.8. The zero-order valence-corrected chi connectivity index (χ0v) is 21.0. The summed E-state index contributed by atoms with van der Waals surface area (Å²) in [4.78, 5) is 2.25. The summed E-state index contributed by atoms with van der Waals surface area (Å²) in [5, 5.41) is 4.39. The number of hydrogen-bond donors (Lipinski definition) is 0. The van der Waals surface area contributed by atoms with Gasteiger partial charge in [0.2, 0.25) is 0 Å². The van der Waals surface area contributed by atoms with E-state index in [1.807, 2.05) is 30.3 Å². The molecule has 8 rings (SSSR count). The van der Waals surface area contributed by atoms with Crippen LogP contribution in [-0.4, -0.2) is 0 Å². The molecule has 0 N–H and O–H groups in total. The van der Waals surface area contributed by atoms with Crippen LogP contribution in [0.25, 0.3) is 55.0 Å². The highest BCUT2D eigenvalue weighted by Gasteiger charge is 2.23. The van der Waals surface area contributed by atoms with E-state index in [4.69, 9.17) is 8.83 Å². The quantitative estimate of drug-likeness (QED) is 0.240. The molecule has 184 valence electrons. The fourth-order valence-corrected chi connectivity index (χ4v) is 5.66. The first-order valence-electron chi connectivity index (χ1n) is 13.1. The molecule has 3 nitrogen and oxygen atoms in total. The lowest BCUT2D eigenvalue weighted by Crippen LogP contribution is -2.10. The van der Waals surface area contributed by atoms with Gasteiger partial charge in [-0.25, -0.2) is 0 Å². The first-order valence-corrected chi connectivity index (χ1v) is 13.1. The van der Waals surface area contributed by atoms with Crippen molar-refractivity contribution >= 4 is 60.9 Å². The van der Waals surface area contributed by atoms with Crippen molar-refractivity contribution in [3.8, 4) is 11.1 Å². The Balaban J connectivity index is 1.40. The van der Waals surface area contributed by atoms with Crippen LogP contribution in [0.3, 0.4) is 0 Å². The molecule has 0 saturated carbocycles. The molecule has 0 aliphatic heterocycles. The third kappa shape index (κ3) is 3.44. The van der Waals surface area contributed by atoms with Gasteiger partial charge in [-0.2, -0.15) is 0 Å². The topological polar surface area (TPSA) is 29.5 Å². The molecule has 6 aromatic carbocycles. The minimum absolute atomic E-state index is 0.846. The van der Waals surface area contributed by atoms with Crippen LogP contribution in [0.15, 0.2) is 148 Å². The number of fused-ring (bicyclic) bond motifs is 6. The molecule has 2 heterocycles. The average molecular weight is 502 g/mol. The van der Waals surface area contributed by atoms with Gasteiger partial charge in [0.25, 0.3) is 0 Å². The van der Waals surface area contributed by atoms with Crippen molar-refractivity contribution in [3.63, 3.8) is 0 Å². The Morgan fingerprint density at radius 3 is 1.38 bits per heavy atom. The predicted molar refractivity (Wildman–Crippen MR) is 161 cm³/mol. The summed E-state index contributed by atoms with van der Waals surface area (Å²) in [6, 6.07) is 48.3. The molecule has 0 radical (unpaired) electrons. The summed E-state index contributed by atoms with van der Waals surface area (Å²) in [6.45, 7) is 0. The number of anilines is 3. The van der Waals surface area contributed by atoms with Crippen LogP contribution in [0.1, 0.15) is 0 Å². The van der Waals surface area contributed by atoms with E-state index in [0.717, 1.165) is 60.9 Å². The first-order chi connectivity index (χ1) is 19.3. The Morgan fingerprint density at radius 2 is 0.821 bits per heavy atom. The molecular formula is C36H23NO2. The average Bonchev–Trinajstić information content (AvgIpc) is 3.58. The van der Waals surface area contributed by atoms with Crippen molar-refractivity contribution in [1.29, 1.82) is 0 Å². The van der Waals surface area contributed by atoms with Gasteiger partial charge in [0, 0.05) is 27.2 Å². The van der Waals surface area contributed by atoms with Crippen LogP contribution < -0.4 is 4.90 Å². The monoisotopic (exact) mass is 501 g/mol. The van der Waals surface area contributed by atoms with Gasteiger partial charge in [0.05, 0.1) is 11.4 Å². The van der Waals surface area contributed by atoms with Crippen LogP contribution in [0.2, 0.25) is 0 Å². The van der Waals surface area contributed by atoms with E-state index in [9.17, 15) is 0 Å². The SMILES string of the molecule is c1ccc(-c2ccc(N(c3cccc4c3oc3ccccc34)c3cccc4c3oc3ccccc34)cc2)cc1. The Morgan fingerprint density at radius 1 is 0.359 bits per heavy atom. The van der Waals surface area contributed by atoms with Crippen LogP contribution in [0.5, 0.6) is 0 Å². The van der Waals surface area contributed by atoms with E-state index in [1.165, 1.54) is 11.1 Å². The van der Waals surface area contributed by atoms with Crippen molar-refractivity contribution in [3.05, 3.63) is 140 Å². The number of benzene rings is 6. The van der Waals surface area contributed by atoms with Gasteiger partial charge < -0.3 is 13.7 Å². The number of hydrogen-bond acceptors (Lipinski definition) is 3. The minimum atomic E-state index is 0.846. The zero-order chi connectivity index (χ0) is 25.8. The highest BCUT2D eigenvalue weighted by molar-refractivity contribution is 6.13. The number of furan rings is 2. The highest BCUT2D eigenvalue weighted by Crippen LogP contribution is 2.45. The fourth-order valence-electron chi connectivity index (χ4n) is 5.66. The van der Waals surface area contributed by atoms with Crippen molar-refractivity contribution in [1.82, 2.24) is 0 Å². The van der Waals surface area contributed by atoms with Gasteiger partial charge in [-0.1, -0.05) is 103 Å². The van der Waals surface area contributed by atoms with Crippen LogP contribution >= 0.6 is 0 Å². The van der Waals surface area contributed by atoms with Crippen LogP contribution in [-0.2, 0) is 0 Å². The lowest BCUT2D eigenvalue weighted by Gasteiger charge is -2.25. The van der Waals surface area contributed by atoms with Gasteiger partial charge >= 0.3 is 0 Å². The van der Waals surface area contributed by atoms with Crippen molar-refractivity contribution < 1.29 is 8.83 Å². The molecule has 0 bridgehead atoms. The third-order valence-electron chi connectivity index (χ3n) is 7.48. The molecule has 0 amide bonds. The van der Waals surface area contributed by atoms with E-state index in [1.54, 1.807) is 0 Å². The molecule has 0 unspecified atom stereocenters. The summed E-state index contributed by atoms with van der Waals surface area (Å²) in [5.41, 5.74) is 8.75. The summed E-state index contributed by atoms with van der Waals surface area (Å²) < 4.78 is 13.0. The molecular weight excluding hydrogens is 478 g/mol. The van der Waals surface area contributed by atoms with Crippen LogP contribution in [0.4, 0.5) is 17.1 Å². The van der Waals surface area contributed by atoms with Crippen molar-refractivity contribution in [2.75, 3.05) is 4.90 Å². The molecule has 0 spiro atoms. The maximum Gasteiger partial charge on any atom is 0.159 e. The summed E-state index contributed by atoms with van der Waals surface area (Å²) in [6.07, 6.45) is 0. The third-order valence-corrected chi connectivity index (χ3v) is 7.48. The predicted octanol–water partition coefficient (Wildman–Crippen LogP) is 10.6. The van der Waals surface area contributed by atoms with E-state index in [-0.39, 0.29) is 0 Å². The summed E-state index contributed by atoms with van der Waals surface area (Å²) in [7, 11) is 0. The molecule has 2 aromatic heterocycles.